The van der Waals surface area contributed by atoms with E-state index >= 15 is 0 Å². The van der Waals surface area contributed by atoms with Gasteiger partial charge in [-0.1, -0.05) is 24.3 Å². The molecule has 1 atom stereocenters. The number of hydrogen-bond acceptors (Lipinski definition) is 2. The molecular formula is C19H18F3NO2. The molecule has 0 aliphatic carbocycles. The minimum atomic E-state index is -4.54. The van der Waals surface area contributed by atoms with Crippen molar-refractivity contribution in [2.75, 3.05) is 20.2 Å². The zero-order valence-corrected chi connectivity index (χ0v) is 13.7. The first-order valence-corrected chi connectivity index (χ1v) is 7.99. The highest BCUT2D eigenvalue weighted by Crippen LogP contribution is 2.34. The number of halogens is 3. The lowest BCUT2D eigenvalue weighted by Gasteiger charge is -2.19. The van der Waals surface area contributed by atoms with E-state index in [9.17, 15) is 18.0 Å². The molecule has 0 spiro atoms. The molecule has 1 aliphatic rings. The van der Waals surface area contributed by atoms with Gasteiger partial charge in [0.1, 0.15) is 5.75 Å². The molecule has 1 saturated heterocycles. The van der Waals surface area contributed by atoms with Crippen LogP contribution in [0.15, 0.2) is 48.5 Å². The van der Waals surface area contributed by atoms with Crippen molar-refractivity contribution in [1.29, 1.82) is 0 Å². The minimum absolute atomic E-state index is 0.118. The summed E-state index contributed by atoms with van der Waals surface area (Å²) in [6.45, 7) is 0.860. The van der Waals surface area contributed by atoms with E-state index in [2.05, 4.69) is 0 Å². The molecule has 0 aromatic heterocycles. The zero-order chi connectivity index (χ0) is 18.0. The van der Waals surface area contributed by atoms with E-state index < -0.39 is 17.6 Å². The van der Waals surface area contributed by atoms with Crippen molar-refractivity contribution in [3.05, 3.63) is 65.2 Å². The van der Waals surface area contributed by atoms with E-state index in [0.29, 0.717) is 13.1 Å². The summed E-state index contributed by atoms with van der Waals surface area (Å²) in [6, 6.07) is 12.5. The van der Waals surface area contributed by atoms with Gasteiger partial charge in [0.25, 0.3) is 5.91 Å². The van der Waals surface area contributed by atoms with Crippen LogP contribution in [0, 0.1) is 0 Å². The third-order valence-corrected chi connectivity index (χ3v) is 4.53. The number of nitrogens with zero attached hydrogens (tertiary/aromatic N) is 1. The second-order valence-corrected chi connectivity index (χ2v) is 6.05. The van der Waals surface area contributed by atoms with Crippen molar-refractivity contribution < 1.29 is 22.7 Å². The van der Waals surface area contributed by atoms with Gasteiger partial charge in [0.15, 0.2) is 0 Å². The summed E-state index contributed by atoms with van der Waals surface area (Å²) in [6.07, 6.45) is -3.81. The lowest BCUT2D eigenvalue weighted by Crippen LogP contribution is -2.30. The van der Waals surface area contributed by atoms with Crippen LogP contribution < -0.4 is 4.74 Å². The number of likely N-dealkylation sites (tertiary alicyclic amines) is 1. The van der Waals surface area contributed by atoms with E-state index in [-0.39, 0.29) is 11.5 Å². The van der Waals surface area contributed by atoms with Gasteiger partial charge in [-0.3, -0.25) is 4.79 Å². The van der Waals surface area contributed by atoms with E-state index in [1.807, 2.05) is 24.3 Å². The van der Waals surface area contributed by atoms with Gasteiger partial charge in [0.2, 0.25) is 0 Å². The molecule has 2 aromatic rings. The van der Waals surface area contributed by atoms with Crippen LogP contribution in [0.1, 0.15) is 33.8 Å². The summed E-state index contributed by atoms with van der Waals surface area (Å²) in [5.74, 6) is 0.297. The smallest absolute Gasteiger partial charge is 0.417 e. The third kappa shape index (κ3) is 3.62. The number of ether oxygens (including phenoxy) is 1. The molecule has 1 heterocycles. The average molecular weight is 349 g/mol. The Morgan fingerprint density at radius 3 is 2.44 bits per heavy atom. The molecule has 0 bridgehead atoms. The van der Waals surface area contributed by atoms with Crippen molar-refractivity contribution in [2.45, 2.75) is 18.5 Å². The summed E-state index contributed by atoms with van der Waals surface area (Å²) in [4.78, 5) is 14.1. The number of alkyl halides is 3. The van der Waals surface area contributed by atoms with Crippen molar-refractivity contribution in [2.24, 2.45) is 0 Å². The van der Waals surface area contributed by atoms with Crippen LogP contribution in [0.5, 0.6) is 5.75 Å². The highest BCUT2D eigenvalue weighted by molar-refractivity contribution is 5.96. The van der Waals surface area contributed by atoms with Gasteiger partial charge in [-0.05, 0) is 36.2 Å². The van der Waals surface area contributed by atoms with Gasteiger partial charge in [0.05, 0.1) is 18.2 Å². The molecule has 132 valence electrons. The number of methoxy groups -OCH3 is 1. The van der Waals surface area contributed by atoms with Crippen LogP contribution in [0.4, 0.5) is 13.2 Å². The van der Waals surface area contributed by atoms with Crippen LogP contribution in [-0.4, -0.2) is 31.0 Å². The fraction of sp³-hybridized carbons (Fsp3) is 0.316. The molecule has 3 nitrogen and oxygen atoms in total. The lowest BCUT2D eigenvalue weighted by molar-refractivity contribution is -0.138. The Morgan fingerprint density at radius 2 is 1.80 bits per heavy atom. The monoisotopic (exact) mass is 349 g/mol. The van der Waals surface area contributed by atoms with Crippen molar-refractivity contribution in [3.8, 4) is 5.75 Å². The number of amides is 1. The molecule has 0 saturated carbocycles. The molecule has 0 radical (unpaired) electrons. The predicted octanol–water partition coefficient (Wildman–Crippen LogP) is 4.34. The second kappa shape index (κ2) is 6.78. The molecule has 1 aliphatic heterocycles. The van der Waals surface area contributed by atoms with Crippen LogP contribution in [0.25, 0.3) is 0 Å². The van der Waals surface area contributed by atoms with Gasteiger partial charge < -0.3 is 9.64 Å². The quantitative estimate of drug-likeness (QED) is 0.825. The van der Waals surface area contributed by atoms with E-state index in [0.717, 1.165) is 23.8 Å². The zero-order valence-electron chi connectivity index (χ0n) is 13.7. The Bertz CT molecular complexity index is 756. The van der Waals surface area contributed by atoms with Crippen molar-refractivity contribution in [3.63, 3.8) is 0 Å². The van der Waals surface area contributed by atoms with Crippen LogP contribution in [0.3, 0.4) is 0 Å². The molecule has 0 unspecified atom stereocenters. The van der Waals surface area contributed by atoms with Gasteiger partial charge in [-0.25, -0.2) is 0 Å². The first kappa shape index (κ1) is 17.3. The van der Waals surface area contributed by atoms with Crippen molar-refractivity contribution in [1.82, 2.24) is 4.90 Å². The maximum Gasteiger partial charge on any atom is 0.417 e. The molecule has 2 aromatic carbocycles. The van der Waals surface area contributed by atoms with Crippen molar-refractivity contribution >= 4 is 5.91 Å². The Balaban J connectivity index is 1.77. The fourth-order valence-electron chi connectivity index (χ4n) is 3.18. The maximum absolute atomic E-state index is 13.1. The number of carbonyl (C=O) groups is 1. The molecule has 6 heteroatoms. The molecule has 3 rings (SSSR count). The second-order valence-electron chi connectivity index (χ2n) is 6.05. The summed E-state index contributed by atoms with van der Waals surface area (Å²) in [7, 11) is 1.59. The number of rotatable bonds is 3. The predicted molar refractivity (Wildman–Crippen MR) is 87.7 cm³/mol. The van der Waals surface area contributed by atoms with Gasteiger partial charge in [0, 0.05) is 19.0 Å². The van der Waals surface area contributed by atoms with E-state index in [1.165, 1.54) is 23.1 Å². The normalized spacial score (nSPS) is 17.6. The van der Waals surface area contributed by atoms with E-state index in [4.69, 9.17) is 4.74 Å². The topological polar surface area (TPSA) is 29.5 Å². The molecular weight excluding hydrogens is 331 g/mol. The molecule has 0 N–H and O–H groups in total. The summed E-state index contributed by atoms with van der Waals surface area (Å²) in [5.41, 5.74) is -0.113. The number of benzene rings is 2. The van der Waals surface area contributed by atoms with Crippen LogP contribution in [0.2, 0.25) is 0 Å². The highest BCUT2D eigenvalue weighted by Gasteiger charge is 2.37. The summed E-state index contributed by atoms with van der Waals surface area (Å²) in [5, 5.41) is 0. The summed E-state index contributed by atoms with van der Waals surface area (Å²) < 4.78 is 44.5. The Morgan fingerprint density at radius 1 is 1.12 bits per heavy atom. The molecule has 1 amide bonds. The molecule has 25 heavy (non-hydrogen) atoms. The van der Waals surface area contributed by atoms with E-state index in [1.54, 1.807) is 7.11 Å². The van der Waals surface area contributed by atoms with Gasteiger partial charge >= 0.3 is 6.18 Å². The van der Waals surface area contributed by atoms with Gasteiger partial charge in [-0.15, -0.1) is 0 Å². The van der Waals surface area contributed by atoms with Crippen LogP contribution in [-0.2, 0) is 6.18 Å². The SMILES string of the molecule is COc1ccc([C@@H]2CCN(C(=O)c3ccccc3C(F)(F)F)C2)cc1. The van der Waals surface area contributed by atoms with Crippen LogP contribution >= 0.6 is 0 Å². The number of hydrogen-bond donors (Lipinski definition) is 0. The minimum Gasteiger partial charge on any atom is -0.497 e. The average Bonchev–Trinajstić information content (AvgIpc) is 3.10. The third-order valence-electron chi connectivity index (χ3n) is 4.53. The molecule has 1 fully saturated rings. The lowest BCUT2D eigenvalue weighted by atomic mass is 9.98. The Hall–Kier alpha value is -2.50. The summed E-state index contributed by atoms with van der Waals surface area (Å²) >= 11 is 0. The first-order chi connectivity index (χ1) is 11.9. The number of carbonyl (C=O) groups excluding carboxylic acids is 1. The first-order valence-electron chi connectivity index (χ1n) is 7.99. The fourth-order valence-corrected chi connectivity index (χ4v) is 3.18. The standard InChI is InChI=1S/C19H18F3NO2/c1-25-15-8-6-13(7-9-15)14-10-11-23(12-14)18(24)16-4-2-3-5-17(16)19(20,21)22/h2-9,14H,10-12H2,1H3/t14-/m1/s1. The Labute approximate surface area is 144 Å². The van der Waals surface area contributed by atoms with Gasteiger partial charge in [-0.2, -0.15) is 13.2 Å². The highest BCUT2D eigenvalue weighted by atomic mass is 19.4. The largest absolute Gasteiger partial charge is 0.497 e. The Kier molecular flexibility index (Phi) is 4.70. The maximum atomic E-state index is 13.1.